The topological polar surface area (TPSA) is 84.9 Å². The van der Waals surface area contributed by atoms with Crippen molar-refractivity contribution in [2.24, 2.45) is 0 Å². The van der Waals surface area contributed by atoms with Gasteiger partial charge in [-0.15, -0.1) is 0 Å². The molecule has 1 saturated heterocycles. The van der Waals surface area contributed by atoms with Gasteiger partial charge in [0, 0.05) is 18.8 Å². The molecule has 0 saturated carbocycles. The van der Waals surface area contributed by atoms with Gasteiger partial charge >= 0.3 is 5.97 Å². The van der Waals surface area contributed by atoms with E-state index >= 15 is 0 Å². The van der Waals surface area contributed by atoms with Crippen molar-refractivity contribution in [3.05, 3.63) is 29.6 Å². The fourth-order valence-electron chi connectivity index (χ4n) is 2.51. The minimum atomic E-state index is -0.987. The fraction of sp³-hybridized carbons (Fsp3) is 0.467. The third kappa shape index (κ3) is 3.73. The first-order valence-electron chi connectivity index (χ1n) is 6.91. The fourth-order valence-corrected chi connectivity index (χ4v) is 2.51. The van der Waals surface area contributed by atoms with Gasteiger partial charge in [-0.25, -0.2) is 4.39 Å². The number of benzene rings is 1. The highest BCUT2D eigenvalue weighted by molar-refractivity contribution is 5.95. The summed E-state index contributed by atoms with van der Waals surface area (Å²) in [5.41, 5.74) is -0.627. The molecule has 1 aromatic carbocycles. The first-order chi connectivity index (χ1) is 10.5. The normalized spacial score (nSPS) is 16.8. The Morgan fingerprint density at radius 3 is 2.68 bits per heavy atom. The Bertz CT molecular complexity index is 569. The van der Waals surface area contributed by atoms with Gasteiger partial charge in [0.2, 0.25) is 0 Å². The van der Waals surface area contributed by atoms with E-state index in [9.17, 15) is 14.0 Å². The van der Waals surface area contributed by atoms with Gasteiger partial charge < -0.3 is 19.9 Å². The lowest BCUT2D eigenvalue weighted by Gasteiger charge is -2.36. The number of hydrogen-bond donors (Lipinski definition) is 2. The van der Waals surface area contributed by atoms with Crippen LogP contribution in [0.1, 0.15) is 29.6 Å². The van der Waals surface area contributed by atoms with Crippen LogP contribution in [-0.4, -0.2) is 42.8 Å². The minimum absolute atomic E-state index is 0.0353. The van der Waals surface area contributed by atoms with Gasteiger partial charge in [0.25, 0.3) is 5.91 Å². The highest BCUT2D eigenvalue weighted by atomic mass is 19.1. The summed E-state index contributed by atoms with van der Waals surface area (Å²) < 4.78 is 23.5. The Labute approximate surface area is 127 Å². The van der Waals surface area contributed by atoms with Gasteiger partial charge in [-0.1, -0.05) is 0 Å². The van der Waals surface area contributed by atoms with E-state index in [2.05, 4.69) is 5.32 Å². The van der Waals surface area contributed by atoms with Crippen LogP contribution in [0.4, 0.5) is 4.39 Å². The molecule has 1 aliphatic heterocycles. The van der Waals surface area contributed by atoms with Gasteiger partial charge in [-0.3, -0.25) is 9.59 Å². The maximum atomic E-state index is 13.4. The number of carbonyl (C=O) groups is 2. The van der Waals surface area contributed by atoms with E-state index in [0.717, 1.165) is 6.07 Å². The van der Waals surface area contributed by atoms with Crippen molar-refractivity contribution in [1.82, 2.24) is 5.32 Å². The second-order valence-electron chi connectivity index (χ2n) is 5.27. The molecule has 1 amide bonds. The van der Waals surface area contributed by atoms with Crippen LogP contribution in [0.25, 0.3) is 0 Å². The van der Waals surface area contributed by atoms with Crippen molar-refractivity contribution in [2.75, 3.05) is 20.3 Å². The van der Waals surface area contributed by atoms with E-state index in [-0.39, 0.29) is 17.7 Å². The van der Waals surface area contributed by atoms with E-state index < -0.39 is 23.2 Å². The van der Waals surface area contributed by atoms with E-state index in [1.807, 2.05) is 0 Å². The zero-order valence-electron chi connectivity index (χ0n) is 12.2. The molecule has 0 spiro atoms. The molecular formula is C15H18FNO5. The van der Waals surface area contributed by atoms with Crippen molar-refractivity contribution in [2.45, 2.75) is 24.8 Å². The van der Waals surface area contributed by atoms with E-state index in [0.29, 0.717) is 26.1 Å². The van der Waals surface area contributed by atoms with Gasteiger partial charge in [-0.05, 0) is 31.0 Å². The molecule has 1 fully saturated rings. The van der Waals surface area contributed by atoms with Crippen molar-refractivity contribution < 1.29 is 28.6 Å². The largest absolute Gasteiger partial charge is 0.494 e. The van der Waals surface area contributed by atoms with Crippen LogP contribution in [0, 0.1) is 5.82 Å². The summed E-state index contributed by atoms with van der Waals surface area (Å²) in [6.07, 6.45) is 0.660. The van der Waals surface area contributed by atoms with Crippen LogP contribution in [0.2, 0.25) is 0 Å². The first-order valence-corrected chi connectivity index (χ1v) is 6.91. The summed E-state index contributed by atoms with van der Waals surface area (Å²) in [7, 11) is 1.31. The quantitative estimate of drug-likeness (QED) is 0.862. The maximum Gasteiger partial charge on any atom is 0.305 e. The number of rotatable bonds is 5. The van der Waals surface area contributed by atoms with Crippen LogP contribution < -0.4 is 10.1 Å². The standard InChI is InChI=1S/C15H18FNO5/c1-21-12-8-10(2-3-11(12)16)14(20)17-15(9-13(18)19)4-6-22-7-5-15/h2-3,8H,4-7,9H2,1H3,(H,17,20)(H,18,19). The molecule has 1 heterocycles. The average Bonchev–Trinajstić information content (AvgIpc) is 2.47. The Balaban J connectivity index is 2.18. The van der Waals surface area contributed by atoms with Crippen LogP contribution in [0.3, 0.4) is 0 Å². The number of aliphatic carboxylic acids is 1. The molecule has 0 unspecified atom stereocenters. The molecule has 22 heavy (non-hydrogen) atoms. The average molecular weight is 311 g/mol. The number of nitrogens with one attached hydrogen (secondary N) is 1. The van der Waals surface area contributed by atoms with Crippen molar-refractivity contribution >= 4 is 11.9 Å². The number of hydrogen-bond acceptors (Lipinski definition) is 4. The monoisotopic (exact) mass is 311 g/mol. The molecular weight excluding hydrogens is 293 g/mol. The highest BCUT2D eigenvalue weighted by Crippen LogP contribution is 2.26. The van der Waals surface area contributed by atoms with E-state index in [4.69, 9.17) is 14.6 Å². The number of halogens is 1. The number of carboxylic acid groups (broad SMARTS) is 1. The summed E-state index contributed by atoms with van der Waals surface area (Å²) in [5.74, 6) is -2.04. The summed E-state index contributed by atoms with van der Waals surface area (Å²) in [5, 5.41) is 11.8. The van der Waals surface area contributed by atoms with Crippen LogP contribution in [0.5, 0.6) is 5.75 Å². The Morgan fingerprint density at radius 1 is 1.41 bits per heavy atom. The minimum Gasteiger partial charge on any atom is -0.494 e. The Hall–Kier alpha value is -2.15. The molecule has 1 aliphatic rings. The van der Waals surface area contributed by atoms with Gasteiger partial charge in [0.05, 0.1) is 19.1 Å². The number of carboxylic acids is 1. The van der Waals surface area contributed by atoms with Crippen molar-refractivity contribution in [3.8, 4) is 5.75 Å². The predicted octanol–water partition coefficient (Wildman–Crippen LogP) is 1.59. The van der Waals surface area contributed by atoms with E-state index in [1.165, 1.54) is 19.2 Å². The molecule has 0 bridgehead atoms. The van der Waals surface area contributed by atoms with Gasteiger partial charge in [0.1, 0.15) is 0 Å². The lowest BCUT2D eigenvalue weighted by atomic mass is 9.86. The summed E-state index contributed by atoms with van der Waals surface area (Å²) in [4.78, 5) is 23.4. The summed E-state index contributed by atoms with van der Waals surface area (Å²) in [6, 6.07) is 3.76. The lowest BCUT2D eigenvalue weighted by Crippen LogP contribution is -2.53. The molecule has 2 N–H and O–H groups in total. The zero-order chi connectivity index (χ0) is 16.2. The third-order valence-electron chi connectivity index (χ3n) is 3.73. The molecule has 120 valence electrons. The molecule has 1 aromatic rings. The highest BCUT2D eigenvalue weighted by Gasteiger charge is 2.36. The molecule has 0 aliphatic carbocycles. The first kappa shape index (κ1) is 16.2. The van der Waals surface area contributed by atoms with Gasteiger partial charge in [0.15, 0.2) is 11.6 Å². The Morgan fingerprint density at radius 2 is 2.09 bits per heavy atom. The maximum absolute atomic E-state index is 13.4. The second-order valence-corrected chi connectivity index (χ2v) is 5.27. The summed E-state index contributed by atoms with van der Waals surface area (Å²) in [6.45, 7) is 0.778. The SMILES string of the molecule is COc1cc(C(=O)NC2(CC(=O)O)CCOCC2)ccc1F. The Kier molecular flexibility index (Phi) is 4.97. The number of amides is 1. The molecule has 0 radical (unpaired) electrons. The number of methoxy groups -OCH3 is 1. The molecule has 2 rings (SSSR count). The van der Waals surface area contributed by atoms with Crippen LogP contribution in [-0.2, 0) is 9.53 Å². The number of carbonyl (C=O) groups excluding carboxylic acids is 1. The lowest BCUT2D eigenvalue weighted by molar-refractivity contribution is -0.139. The predicted molar refractivity (Wildman–Crippen MR) is 75.5 cm³/mol. The third-order valence-corrected chi connectivity index (χ3v) is 3.73. The molecule has 0 atom stereocenters. The molecule has 7 heteroatoms. The van der Waals surface area contributed by atoms with Crippen LogP contribution >= 0.6 is 0 Å². The van der Waals surface area contributed by atoms with Crippen molar-refractivity contribution in [3.63, 3.8) is 0 Å². The molecule has 6 nitrogen and oxygen atoms in total. The second kappa shape index (κ2) is 6.74. The number of ether oxygens (including phenoxy) is 2. The smallest absolute Gasteiger partial charge is 0.305 e. The van der Waals surface area contributed by atoms with Gasteiger partial charge in [-0.2, -0.15) is 0 Å². The molecule has 0 aromatic heterocycles. The zero-order valence-corrected chi connectivity index (χ0v) is 12.2. The van der Waals surface area contributed by atoms with Crippen LogP contribution in [0.15, 0.2) is 18.2 Å². The summed E-state index contributed by atoms with van der Waals surface area (Å²) >= 11 is 0. The van der Waals surface area contributed by atoms with E-state index in [1.54, 1.807) is 0 Å². The van der Waals surface area contributed by atoms with Crippen molar-refractivity contribution in [1.29, 1.82) is 0 Å².